The molecule has 0 spiro atoms. The number of nitrogens with one attached hydrogen (secondary N) is 1. The number of halogens is 1. The number of hydrogen-bond donors (Lipinski definition) is 1. The topological polar surface area (TPSA) is 35.8 Å². The smallest absolute Gasteiger partial charge is 0.101 e. The molecule has 0 aliphatic rings. The standard InChI is InChI=1S/C18H19BrN2/c1-3-13-5-7-14(8-6-13)17(4-2)21-18-11-16(19)10-9-15(18)12-20/h5-11,17,21H,3-4H2,1-2H3. The Balaban J connectivity index is 2.26. The zero-order valence-electron chi connectivity index (χ0n) is 12.4. The van der Waals surface area contributed by atoms with Gasteiger partial charge < -0.3 is 5.32 Å². The fraction of sp³-hybridized carbons (Fsp3) is 0.278. The lowest BCUT2D eigenvalue weighted by Crippen LogP contribution is -2.10. The highest BCUT2D eigenvalue weighted by Crippen LogP contribution is 2.27. The van der Waals surface area contributed by atoms with Crippen molar-refractivity contribution in [3.05, 3.63) is 63.6 Å². The molecule has 0 aromatic heterocycles. The van der Waals surface area contributed by atoms with E-state index in [-0.39, 0.29) is 6.04 Å². The molecular weight excluding hydrogens is 324 g/mol. The van der Waals surface area contributed by atoms with E-state index < -0.39 is 0 Å². The highest BCUT2D eigenvalue weighted by Gasteiger charge is 2.11. The minimum atomic E-state index is 0.206. The third-order valence-corrected chi connectivity index (χ3v) is 4.12. The van der Waals surface area contributed by atoms with Crippen LogP contribution in [0.25, 0.3) is 0 Å². The van der Waals surface area contributed by atoms with Crippen molar-refractivity contribution in [3.8, 4) is 6.07 Å². The van der Waals surface area contributed by atoms with Gasteiger partial charge in [-0.15, -0.1) is 0 Å². The highest BCUT2D eigenvalue weighted by molar-refractivity contribution is 9.10. The van der Waals surface area contributed by atoms with E-state index in [4.69, 9.17) is 0 Å². The molecule has 0 saturated carbocycles. The Morgan fingerprint density at radius 2 is 1.86 bits per heavy atom. The molecular formula is C18H19BrN2. The van der Waals surface area contributed by atoms with Crippen LogP contribution in [-0.2, 0) is 6.42 Å². The number of benzene rings is 2. The van der Waals surface area contributed by atoms with Crippen LogP contribution in [0.4, 0.5) is 5.69 Å². The average molecular weight is 343 g/mol. The summed E-state index contributed by atoms with van der Waals surface area (Å²) in [5, 5.41) is 12.7. The van der Waals surface area contributed by atoms with E-state index in [1.54, 1.807) is 0 Å². The van der Waals surface area contributed by atoms with E-state index in [0.717, 1.165) is 23.0 Å². The molecule has 0 saturated heterocycles. The summed E-state index contributed by atoms with van der Waals surface area (Å²) >= 11 is 3.46. The summed E-state index contributed by atoms with van der Waals surface area (Å²) in [6, 6.07) is 16.8. The number of nitriles is 1. The first-order valence-corrected chi connectivity index (χ1v) is 8.02. The predicted molar refractivity (Wildman–Crippen MR) is 91.3 cm³/mol. The molecule has 0 bridgehead atoms. The number of rotatable bonds is 5. The molecule has 0 radical (unpaired) electrons. The second-order valence-corrected chi connectivity index (χ2v) is 5.92. The van der Waals surface area contributed by atoms with E-state index in [0.29, 0.717) is 5.56 Å². The minimum Gasteiger partial charge on any atom is -0.377 e. The van der Waals surface area contributed by atoms with Crippen molar-refractivity contribution in [2.24, 2.45) is 0 Å². The van der Waals surface area contributed by atoms with Gasteiger partial charge in [0.15, 0.2) is 0 Å². The summed E-state index contributed by atoms with van der Waals surface area (Å²) in [5.74, 6) is 0. The molecule has 2 aromatic carbocycles. The molecule has 2 nitrogen and oxygen atoms in total. The van der Waals surface area contributed by atoms with Gasteiger partial charge >= 0.3 is 0 Å². The van der Waals surface area contributed by atoms with Crippen LogP contribution in [0.15, 0.2) is 46.9 Å². The van der Waals surface area contributed by atoms with Gasteiger partial charge in [0.05, 0.1) is 17.3 Å². The minimum absolute atomic E-state index is 0.206. The van der Waals surface area contributed by atoms with Gasteiger partial charge in [0.2, 0.25) is 0 Å². The molecule has 2 aromatic rings. The van der Waals surface area contributed by atoms with Gasteiger partial charge in [-0.05, 0) is 42.2 Å². The molecule has 1 atom stereocenters. The molecule has 0 heterocycles. The van der Waals surface area contributed by atoms with E-state index >= 15 is 0 Å². The van der Waals surface area contributed by atoms with Gasteiger partial charge in [-0.2, -0.15) is 5.26 Å². The van der Waals surface area contributed by atoms with Crippen LogP contribution in [0.5, 0.6) is 0 Å². The zero-order valence-corrected chi connectivity index (χ0v) is 13.9. The Bertz CT molecular complexity index is 641. The molecule has 0 aliphatic carbocycles. The van der Waals surface area contributed by atoms with Crippen LogP contribution in [-0.4, -0.2) is 0 Å². The molecule has 3 heteroatoms. The average Bonchev–Trinajstić information content (AvgIpc) is 2.53. The van der Waals surface area contributed by atoms with Crippen LogP contribution < -0.4 is 5.32 Å². The number of nitrogens with zero attached hydrogens (tertiary/aromatic N) is 1. The Kier molecular flexibility index (Phi) is 5.41. The maximum Gasteiger partial charge on any atom is 0.101 e. The second kappa shape index (κ2) is 7.28. The van der Waals surface area contributed by atoms with E-state index in [2.05, 4.69) is 65.4 Å². The molecule has 21 heavy (non-hydrogen) atoms. The van der Waals surface area contributed by atoms with Crippen LogP contribution in [0.1, 0.15) is 43.0 Å². The van der Waals surface area contributed by atoms with E-state index in [1.807, 2.05) is 18.2 Å². The summed E-state index contributed by atoms with van der Waals surface area (Å²) in [7, 11) is 0. The van der Waals surface area contributed by atoms with Gasteiger partial charge in [-0.1, -0.05) is 54.0 Å². The second-order valence-electron chi connectivity index (χ2n) is 5.00. The molecule has 108 valence electrons. The van der Waals surface area contributed by atoms with Crippen molar-refractivity contribution >= 4 is 21.6 Å². The van der Waals surface area contributed by atoms with Crippen molar-refractivity contribution in [2.45, 2.75) is 32.7 Å². The van der Waals surface area contributed by atoms with Gasteiger partial charge in [0.25, 0.3) is 0 Å². The zero-order chi connectivity index (χ0) is 15.2. The summed E-state index contributed by atoms with van der Waals surface area (Å²) < 4.78 is 0.972. The SMILES string of the molecule is CCc1ccc(C(CC)Nc2cc(Br)ccc2C#N)cc1. The normalized spacial score (nSPS) is 11.7. The molecule has 0 fully saturated rings. The van der Waals surface area contributed by atoms with Crippen molar-refractivity contribution in [3.63, 3.8) is 0 Å². The van der Waals surface area contributed by atoms with Crippen LogP contribution >= 0.6 is 15.9 Å². The fourth-order valence-electron chi connectivity index (χ4n) is 2.33. The lowest BCUT2D eigenvalue weighted by atomic mass is 10.0. The quantitative estimate of drug-likeness (QED) is 0.784. The van der Waals surface area contributed by atoms with Crippen LogP contribution in [0.3, 0.4) is 0 Å². The van der Waals surface area contributed by atoms with E-state index in [1.165, 1.54) is 11.1 Å². The third kappa shape index (κ3) is 3.86. The van der Waals surface area contributed by atoms with Crippen molar-refractivity contribution in [2.75, 3.05) is 5.32 Å². The van der Waals surface area contributed by atoms with E-state index in [9.17, 15) is 5.26 Å². The Morgan fingerprint density at radius 3 is 2.43 bits per heavy atom. The number of aryl methyl sites for hydroxylation is 1. The molecule has 0 amide bonds. The van der Waals surface area contributed by atoms with Crippen molar-refractivity contribution < 1.29 is 0 Å². The van der Waals surface area contributed by atoms with Gasteiger partial charge in [0, 0.05) is 4.47 Å². The summed E-state index contributed by atoms with van der Waals surface area (Å²) in [6.07, 6.45) is 2.01. The van der Waals surface area contributed by atoms with Crippen LogP contribution in [0, 0.1) is 11.3 Å². The lowest BCUT2D eigenvalue weighted by molar-refractivity contribution is 0.748. The highest BCUT2D eigenvalue weighted by atomic mass is 79.9. The van der Waals surface area contributed by atoms with Crippen molar-refractivity contribution in [1.29, 1.82) is 5.26 Å². The van der Waals surface area contributed by atoms with Crippen molar-refractivity contribution in [1.82, 2.24) is 0 Å². The Morgan fingerprint density at radius 1 is 1.14 bits per heavy atom. The monoisotopic (exact) mass is 342 g/mol. The lowest BCUT2D eigenvalue weighted by Gasteiger charge is -2.20. The summed E-state index contributed by atoms with van der Waals surface area (Å²) in [4.78, 5) is 0. The van der Waals surface area contributed by atoms with Crippen LogP contribution in [0.2, 0.25) is 0 Å². The first kappa shape index (κ1) is 15.6. The molecule has 1 unspecified atom stereocenters. The van der Waals surface area contributed by atoms with Gasteiger partial charge in [-0.25, -0.2) is 0 Å². The summed E-state index contributed by atoms with van der Waals surface area (Å²) in [6.45, 7) is 4.31. The van der Waals surface area contributed by atoms with Gasteiger partial charge in [-0.3, -0.25) is 0 Å². The first-order valence-electron chi connectivity index (χ1n) is 7.23. The maximum atomic E-state index is 9.23. The molecule has 1 N–H and O–H groups in total. The Hall–Kier alpha value is -1.79. The fourth-order valence-corrected chi connectivity index (χ4v) is 2.69. The third-order valence-electron chi connectivity index (χ3n) is 3.63. The summed E-state index contributed by atoms with van der Waals surface area (Å²) in [5.41, 5.74) is 4.13. The number of anilines is 1. The van der Waals surface area contributed by atoms with Gasteiger partial charge in [0.1, 0.15) is 6.07 Å². The largest absolute Gasteiger partial charge is 0.377 e. The Labute approximate surface area is 134 Å². The predicted octanol–water partition coefficient (Wildman–Crippen LogP) is 5.45. The maximum absolute atomic E-state index is 9.23. The molecule has 0 aliphatic heterocycles. The number of hydrogen-bond acceptors (Lipinski definition) is 2. The first-order chi connectivity index (χ1) is 10.2. The molecule has 2 rings (SSSR count).